The first kappa shape index (κ1) is 15.1. The van der Waals surface area contributed by atoms with Crippen molar-refractivity contribution < 1.29 is 13.9 Å². The SMILES string of the molecule is CC(C)(CCCO)CNCc1ccc(F)cc1F. The van der Waals surface area contributed by atoms with Gasteiger partial charge in [0.1, 0.15) is 11.6 Å². The molecule has 0 heterocycles. The minimum atomic E-state index is -0.556. The summed E-state index contributed by atoms with van der Waals surface area (Å²) < 4.78 is 26.1. The molecule has 1 rings (SSSR count). The first-order chi connectivity index (χ1) is 8.44. The molecule has 0 unspecified atom stereocenters. The summed E-state index contributed by atoms with van der Waals surface area (Å²) >= 11 is 0. The quantitative estimate of drug-likeness (QED) is 0.787. The lowest BCUT2D eigenvalue weighted by Gasteiger charge is -2.24. The average Bonchev–Trinajstić information content (AvgIpc) is 2.29. The number of aliphatic hydroxyl groups excluding tert-OH is 1. The van der Waals surface area contributed by atoms with Crippen molar-refractivity contribution in [2.24, 2.45) is 5.41 Å². The van der Waals surface area contributed by atoms with Gasteiger partial charge in [0.05, 0.1) is 0 Å². The molecule has 0 saturated heterocycles. The highest BCUT2D eigenvalue weighted by atomic mass is 19.1. The number of aliphatic hydroxyl groups is 1. The van der Waals surface area contributed by atoms with Crippen LogP contribution in [0.25, 0.3) is 0 Å². The molecule has 1 aromatic rings. The summed E-state index contributed by atoms with van der Waals surface area (Å²) in [4.78, 5) is 0. The highest BCUT2D eigenvalue weighted by Crippen LogP contribution is 2.21. The van der Waals surface area contributed by atoms with E-state index in [-0.39, 0.29) is 12.0 Å². The van der Waals surface area contributed by atoms with E-state index in [0.29, 0.717) is 12.1 Å². The molecule has 18 heavy (non-hydrogen) atoms. The molecule has 0 aromatic heterocycles. The molecule has 0 atom stereocenters. The predicted octanol–water partition coefficient (Wildman–Crippen LogP) is 2.85. The molecular formula is C14H21F2NO. The Labute approximate surface area is 107 Å². The number of benzene rings is 1. The molecule has 0 bridgehead atoms. The van der Waals surface area contributed by atoms with E-state index in [1.54, 1.807) is 0 Å². The Bertz CT molecular complexity index is 380. The van der Waals surface area contributed by atoms with Crippen molar-refractivity contribution in [3.05, 3.63) is 35.4 Å². The van der Waals surface area contributed by atoms with Gasteiger partial charge in [-0.25, -0.2) is 8.78 Å². The summed E-state index contributed by atoms with van der Waals surface area (Å²) in [6.07, 6.45) is 1.67. The van der Waals surface area contributed by atoms with Gasteiger partial charge in [-0.15, -0.1) is 0 Å². The van der Waals surface area contributed by atoms with Crippen LogP contribution in [0.5, 0.6) is 0 Å². The van der Waals surface area contributed by atoms with E-state index < -0.39 is 11.6 Å². The number of nitrogens with one attached hydrogen (secondary N) is 1. The van der Waals surface area contributed by atoms with Crippen molar-refractivity contribution in [2.75, 3.05) is 13.2 Å². The van der Waals surface area contributed by atoms with Crippen LogP contribution in [0.15, 0.2) is 18.2 Å². The van der Waals surface area contributed by atoms with Gasteiger partial charge in [-0.2, -0.15) is 0 Å². The highest BCUT2D eigenvalue weighted by Gasteiger charge is 2.16. The molecular weight excluding hydrogens is 236 g/mol. The Balaban J connectivity index is 2.41. The van der Waals surface area contributed by atoms with Gasteiger partial charge in [0.2, 0.25) is 0 Å². The van der Waals surface area contributed by atoms with Crippen LogP contribution in [-0.4, -0.2) is 18.3 Å². The lowest BCUT2D eigenvalue weighted by Crippen LogP contribution is -2.29. The third-order valence-electron chi connectivity index (χ3n) is 2.95. The minimum Gasteiger partial charge on any atom is -0.396 e. The lowest BCUT2D eigenvalue weighted by atomic mass is 9.88. The molecule has 0 fully saturated rings. The van der Waals surface area contributed by atoms with Crippen LogP contribution >= 0.6 is 0 Å². The number of hydrogen-bond donors (Lipinski definition) is 2. The maximum atomic E-state index is 13.4. The number of rotatable bonds is 7. The Hall–Kier alpha value is -1.00. The lowest BCUT2D eigenvalue weighted by molar-refractivity contribution is 0.236. The van der Waals surface area contributed by atoms with E-state index in [4.69, 9.17) is 5.11 Å². The summed E-state index contributed by atoms with van der Waals surface area (Å²) in [5, 5.41) is 12.0. The van der Waals surface area contributed by atoms with Crippen LogP contribution in [0.4, 0.5) is 8.78 Å². The predicted molar refractivity (Wildman–Crippen MR) is 68.2 cm³/mol. The van der Waals surface area contributed by atoms with Crippen LogP contribution in [0.3, 0.4) is 0 Å². The van der Waals surface area contributed by atoms with Crippen molar-refractivity contribution in [1.82, 2.24) is 5.32 Å². The Morgan fingerprint density at radius 1 is 1.28 bits per heavy atom. The zero-order valence-corrected chi connectivity index (χ0v) is 11.0. The molecule has 1 aromatic carbocycles. The van der Waals surface area contributed by atoms with Gasteiger partial charge in [-0.1, -0.05) is 19.9 Å². The van der Waals surface area contributed by atoms with Gasteiger partial charge in [-0.3, -0.25) is 0 Å². The van der Waals surface area contributed by atoms with Crippen molar-refractivity contribution >= 4 is 0 Å². The molecule has 102 valence electrons. The molecule has 0 spiro atoms. The maximum absolute atomic E-state index is 13.4. The van der Waals surface area contributed by atoms with Crippen LogP contribution < -0.4 is 5.32 Å². The maximum Gasteiger partial charge on any atom is 0.130 e. The molecule has 0 radical (unpaired) electrons. The largest absolute Gasteiger partial charge is 0.396 e. The van der Waals surface area contributed by atoms with E-state index in [9.17, 15) is 8.78 Å². The fourth-order valence-electron chi connectivity index (χ4n) is 1.85. The minimum absolute atomic E-state index is 0.0548. The monoisotopic (exact) mass is 257 g/mol. The second-order valence-corrected chi connectivity index (χ2v) is 5.33. The molecule has 0 saturated carbocycles. The second kappa shape index (κ2) is 6.81. The first-order valence-electron chi connectivity index (χ1n) is 6.20. The van der Waals surface area contributed by atoms with E-state index in [1.165, 1.54) is 12.1 Å². The van der Waals surface area contributed by atoms with Gasteiger partial charge in [0.25, 0.3) is 0 Å². The van der Waals surface area contributed by atoms with Gasteiger partial charge in [0.15, 0.2) is 0 Å². The summed E-state index contributed by atoms with van der Waals surface area (Å²) in [5.41, 5.74) is 0.522. The molecule has 0 amide bonds. The molecule has 0 aliphatic rings. The van der Waals surface area contributed by atoms with Crippen LogP contribution in [0, 0.1) is 17.0 Å². The summed E-state index contributed by atoms with van der Waals surface area (Å²) in [7, 11) is 0. The summed E-state index contributed by atoms with van der Waals surface area (Å²) in [6.45, 7) is 5.49. The Morgan fingerprint density at radius 3 is 2.61 bits per heavy atom. The zero-order chi connectivity index (χ0) is 13.6. The standard InChI is InChI=1S/C14H21F2NO/c1-14(2,6-3-7-18)10-17-9-11-4-5-12(15)8-13(11)16/h4-5,8,17-18H,3,6-7,9-10H2,1-2H3. The number of halogens is 2. The van der Waals surface area contributed by atoms with Crippen LogP contribution in [-0.2, 0) is 6.54 Å². The van der Waals surface area contributed by atoms with Crippen LogP contribution in [0.2, 0.25) is 0 Å². The third-order valence-corrected chi connectivity index (χ3v) is 2.95. The van der Waals surface area contributed by atoms with Gasteiger partial charge in [0, 0.05) is 31.3 Å². The molecule has 0 aliphatic heterocycles. The Kier molecular flexibility index (Phi) is 5.69. The smallest absolute Gasteiger partial charge is 0.130 e. The average molecular weight is 257 g/mol. The van der Waals surface area contributed by atoms with Crippen molar-refractivity contribution in [3.63, 3.8) is 0 Å². The van der Waals surface area contributed by atoms with E-state index in [1.807, 2.05) is 0 Å². The van der Waals surface area contributed by atoms with E-state index in [2.05, 4.69) is 19.2 Å². The van der Waals surface area contributed by atoms with E-state index in [0.717, 1.165) is 25.5 Å². The Morgan fingerprint density at radius 2 is 2.00 bits per heavy atom. The first-order valence-corrected chi connectivity index (χ1v) is 6.20. The van der Waals surface area contributed by atoms with Gasteiger partial charge in [-0.05, 0) is 24.3 Å². The fourth-order valence-corrected chi connectivity index (χ4v) is 1.85. The second-order valence-electron chi connectivity index (χ2n) is 5.33. The highest BCUT2D eigenvalue weighted by molar-refractivity contribution is 5.18. The summed E-state index contributed by atoms with van der Waals surface area (Å²) in [5.74, 6) is -1.07. The fraction of sp³-hybridized carbons (Fsp3) is 0.571. The molecule has 2 N–H and O–H groups in total. The van der Waals surface area contributed by atoms with Crippen LogP contribution in [0.1, 0.15) is 32.3 Å². The number of hydrogen-bond acceptors (Lipinski definition) is 2. The third kappa shape index (κ3) is 5.10. The molecule has 0 aliphatic carbocycles. The van der Waals surface area contributed by atoms with Gasteiger partial charge >= 0.3 is 0 Å². The zero-order valence-electron chi connectivity index (χ0n) is 11.0. The summed E-state index contributed by atoms with van der Waals surface area (Å²) in [6, 6.07) is 3.61. The topological polar surface area (TPSA) is 32.3 Å². The van der Waals surface area contributed by atoms with Crippen molar-refractivity contribution in [2.45, 2.75) is 33.2 Å². The van der Waals surface area contributed by atoms with Crippen molar-refractivity contribution in [3.8, 4) is 0 Å². The molecule has 4 heteroatoms. The van der Waals surface area contributed by atoms with E-state index >= 15 is 0 Å². The van der Waals surface area contributed by atoms with Crippen molar-refractivity contribution in [1.29, 1.82) is 0 Å². The van der Waals surface area contributed by atoms with Gasteiger partial charge < -0.3 is 10.4 Å². The normalized spacial score (nSPS) is 11.8. The molecule has 2 nitrogen and oxygen atoms in total.